The molecule has 2 rings (SSSR count). The Morgan fingerprint density at radius 1 is 1.39 bits per heavy atom. The number of nitro benzene ring substituents is 1. The molecule has 1 aliphatic rings. The molecule has 6 nitrogen and oxygen atoms in total. The fourth-order valence-electron chi connectivity index (χ4n) is 2.09. The monoisotopic (exact) mass is 251 g/mol. The van der Waals surface area contributed by atoms with Crippen LogP contribution in [-0.2, 0) is 0 Å². The van der Waals surface area contributed by atoms with Crippen LogP contribution in [-0.4, -0.2) is 22.1 Å². The Morgan fingerprint density at radius 3 is 2.61 bits per heavy atom. The Balaban J connectivity index is 2.28. The standard InChI is InChI=1S/C12H13NO5/c14-12(15)10-7-8(13(16)17)5-6-11(10)18-9-3-1-2-4-9/h5-7,9H,1-4H2,(H,14,15). The molecule has 1 aliphatic carbocycles. The highest BCUT2D eigenvalue weighted by molar-refractivity contribution is 5.91. The van der Waals surface area contributed by atoms with E-state index in [1.165, 1.54) is 12.1 Å². The average molecular weight is 251 g/mol. The number of nitrogens with zero attached hydrogens (tertiary/aromatic N) is 1. The number of carboxylic acids is 1. The number of benzene rings is 1. The number of carbonyl (C=O) groups is 1. The number of rotatable bonds is 4. The van der Waals surface area contributed by atoms with Crippen LogP contribution in [0.1, 0.15) is 36.0 Å². The Kier molecular flexibility index (Phi) is 3.45. The summed E-state index contributed by atoms with van der Waals surface area (Å²) >= 11 is 0. The quantitative estimate of drug-likeness (QED) is 0.656. The molecule has 1 saturated carbocycles. The maximum absolute atomic E-state index is 11.1. The Morgan fingerprint density at radius 2 is 2.06 bits per heavy atom. The van der Waals surface area contributed by atoms with E-state index < -0.39 is 10.9 Å². The molecule has 1 N–H and O–H groups in total. The summed E-state index contributed by atoms with van der Waals surface area (Å²) in [4.78, 5) is 21.1. The summed E-state index contributed by atoms with van der Waals surface area (Å²) in [5.41, 5.74) is -0.401. The van der Waals surface area contributed by atoms with Crippen LogP contribution in [0.5, 0.6) is 5.75 Å². The molecule has 0 unspecified atom stereocenters. The molecule has 0 aromatic heterocycles. The number of aromatic carboxylic acids is 1. The van der Waals surface area contributed by atoms with Gasteiger partial charge in [-0.2, -0.15) is 0 Å². The molecular weight excluding hydrogens is 238 g/mol. The second-order valence-corrected chi connectivity index (χ2v) is 4.27. The lowest BCUT2D eigenvalue weighted by Crippen LogP contribution is -2.13. The molecule has 0 aliphatic heterocycles. The maximum Gasteiger partial charge on any atom is 0.339 e. The first kappa shape index (κ1) is 12.3. The fraction of sp³-hybridized carbons (Fsp3) is 0.417. The zero-order valence-electron chi connectivity index (χ0n) is 9.67. The Hall–Kier alpha value is -2.11. The van der Waals surface area contributed by atoms with Crippen molar-refractivity contribution in [2.24, 2.45) is 0 Å². The summed E-state index contributed by atoms with van der Waals surface area (Å²) in [6.07, 6.45) is 3.95. The van der Waals surface area contributed by atoms with E-state index >= 15 is 0 Å². The van der Waals surface area contributed by atoms with Gasteiger partial charge in [-0.25, -0.2) is 4.79 Å². The Labute approximate surface area is 103 Å². The highest BCUT2D eigenvalue weighted by atomic mass is 16.6. The fourth-order valence-corrected chi connectivity index (χ4v) is 2.09. The summed E-state index contributed by atoms with van der Waals surface area (Å²) in [6, 6.07) is 3.66. The first-order chi connectivity index (χ1) is 8.58. The Bertz CT molecular complexity index is 479. The van der Waals surface area contributed by atoms with Gasteiger partial charge in [0.25, 0.3) is 5.69 Å². The van der Waals surface area contributed by atoms with Gasteiger partial charge in [-0.05, 0) is 31.7 Å². The molecule has 1 fully saturated rings. The van der Waals surface area contributed by atoms with E-state index in [2.05, 4.69) is 0 Å². The van der Waals surface area contributed by atoms with Crippen molar-refractivity contribution < 1.29 is 19.6 Å². The molecule has 0 heterocycles. The molecular formula is C12H13NO5. The van der Waals surface area contributed by atoms with E-state index in [0.29, 0.717) is 0 Å². The highest BCUT2D eigenvalue weighted by Gasteiger charge is 2.22. The van der Waals surface area contributed by atoms with Crippen LogP contribution in [0.2, 0.25) is 0 Å². The number of hydrogen-bond donors (Lipinski definition) is 1. The summed E-state index contributed by atoms with van der Waals surface area (Å²) in [6.45, 7) is 0. The smallest absolute Gasteiger partial charge is 0.339 e. The van der Waals surface area contributed by atoms with Gasteiger partial charge >= 0.3 is 5.97 Å². The summed E-state index contributed by atoms with van der Waals surface area (Å²) in [5, 5.41) is 19.6. The van der Waals surface area contributed by atoms with Gasteiger partial charge in [0, 0.05) is 12.1 Å². The predicted molar refractivity (Wildman–Crippen MR) is 62.9 cm³/mol. The lowest BCUT2D eigenvalue weighted by molar-refractivity contribution is -0.384. The topological polar surface area (TPSA) is 89.7 Å². The van der Waals surface area contributed by atoms with Crippen LogP contribution in [0.15, 0.2) is 18.2 Å². The first-order valence-electron chi connectivity index (χ1n) is 5.76. The van der Waals surface area contributed by atoms with Crippen molar-refractivity contribution in [3.8, 4) is 5.75 Å². The largest absolute Gasteiger partial charge is 0.490 e. The lowest BCUT2D eigenvalue weighted by Gasteiger charge is -2.14. The van der Waals surface area contributed by atoms with Crippen molar-refractivity contribution in [2.45, 2.75) is 31.8 Å². The number of nitro groups is 1. The third-order valence-electron chi connectivity index (χ3n) is 3.00. The number of carboxylic acid groups (broad SMARTS) is 1. The van der Waals surface area contributed by atoms with Gasteiger partial charge in [0.1, 0.15) is 11.3 Å². The van der Waals surface area contributed by atoms with E-state index in [-0.39, 0.29) is 23.1 Å². The normalized spacial score (nSPS) is 15.6. The van der Waals surface area contributed by atoms with E-state index in [1.807, 2.05) is 0 Å². The van der Waals surface area contributed by atoms with Crippen molar-refractivity contribution in [3.63, 3.8) is 0 Å². The van der Waals surface area contributed by atoms with Gasteiger partial charge < -0.3 is 9.84 Å². The van der Waals surface area contributed by atoms with Crippen LogP contribution in [0.4, 0.5) is 5.69 Å². The molecule has 96 valence electrons. The lowest BCUT2D eigenvalue weighted by atomic mass is 10.1. The molecule has 0 atom stereocenters. The van der Waals surface area contributed by atoms with Gasteiger partial charge in [-0.1, -0.05) is 0 Å². The van der Waals surface area contributed by atoms with E-state index in [4.69, 9.17) is 9.84 Å². The van der Waals surface area contributed by atoms with Crippen molar-refractivity contribution >= 4 is 11.7 Å². The minimum absolute atomic E-state index is 0.0181. The summed E-state index contributed by atoms with van der Waals surface area (Å²) in [5.74, 6) is -1.01. The highest BCUT2D eigenvalue weighted by Crippen LogP contribution is 2.29. The van der Waals surface area contributed by atoms with Crippen LogP contribution in [0.3, 0.4) is 0 Å². The van der Waals surface area contributed by atoms with Gasteiger partial charge in [0.05, 0.1) is 11.0 Å². The van der Waals surface area contributed by atoms with Crippen LogP contribution in [0, 0.1) is 10.1 Å². The summed E-state index contributed by atoms with van der Waals surface area (Å²) < 4.78 is 5.60. The predicted octanol–water partition coefficient (Wildman–Crippen LogP) is 2.61. The second kappa shape index (κ2) is 5.03. The SMILES string of the molecule is O=C(O)c1cc([N+](=O)[O-])ccc1OC1CCCC1. The molecule has 1 aromatic carbocycles. The first-order valence-corrected chi connectivity index (χ1v) is 5.76. The van der Waals surface area contributed by atoms with Crippen LogP contribution >= 0.6 is 0 Å². The van der Waals surface area contributed by atoms with Gasteiger partial charge in [-0.3, -0.25) is 10.1 Å². The van der Waals surface area contributed by atoms with Crippen molar-refractivity contribution in [1.29, 1.82) is 0 Å². The molecule has 0 saturated heterocycles. The van der Waals surface area contributed by atoms with Crippen molar-refractivity contribution in [2.75, 3.05) is 0 Å². The average Bonchev–Trinajstić information content (AvgIpc) is 2.81. The maximum atomic E-state index is 11.1. The molecule has 6 heteroatoms. The van der Waals surface area contributed by atoms with Crippen LogP contribution < -0.4 is 4.74 Å². The number of ether oxygens (including phenoxy) is 1. The molecule has 0 bridgehead atoms. The number of non-ortho nitro benzene ring substituents is 1. The minimum atomic E-state index is -1.22. The zero-order valence-corrected chi connectivity index (χ0v) is 9.67. The molecule has 1 aromatic rings. The summed E-state index contributed by atoms with van der Waals surface area (Å²) in [7, 11) is 0. The van der Waals surface area contributed by atoms with Gasteiger partial charge in [-0.15, -0.1) is 0 Å². The van der Waals surface area contributed by atoms with E-state index in [1.54, 1.807) is 0 Å². The zero-order chi connectivity index (χ0) is 13.1. The van der Waals surface area contributed by atoms with E-state index in [0.717, 1.165) is 31.7 Å². The third-order valence-corrected chi connectivity index (χ3v) is 3.00. The van der Waals surface area contributed by atoms with Crippen molar-refractivity contribution in [1.82, 2.24) is 0 Å². The molecule has 0 spiro atoms. The minimum Gasteiger partial charge on any atom is -0.490 e. The molecule has 0 radical (unpaired) electrons. The third kappa shape index (κ3) is 2.58. The van der Waals surface area contributed by atoms with Crippen LogP contribution in [0.25, 0.3) is 0 Å². The molecule has 18 heavy (non-hydrogen) atoms. The second-order valence-electron chi connectivity index (χ2n) is 4.27. The van der Waals surface area contributed by atoms with Crippen molar-refractivity contribution in [3.05, 3.63) is 33.9 Å². The molecule has 0 amide bonds. The number of hydrogen-bond acceptors (Lipinski definition) is 4. The van der Waals surface area contributed by atoms with E-state index in [9.17, 15) is 14.9 Å². The van der Waals surface area contributed by atoms with Gasteiger partial charge in [0.2, 0.25) is 0 Å². The van der Waals surface area contributed by atoms with Gasteiger partial charge in [0.15, 0.2) is 0 Å².